The molecule has 0 aliphatic heterocycles. The van der Waals surface area contributed by atoms with Crippen LogP contribution in [0.2, 0.25) is 5.02 Å². The van der Waals surface area contributed by atoms with Gasteiger partial charge < -0.3 is 5.32 Å². The minimum Gasteiger partial charge on any atom is -0.351 e. The lowest BCUT2D eigenvalue weighted by Gasteiger charge is -2.17. The summed E-state index contributed by atoms with van der Waals surface area (Å²) in [6, 6.07) is 17.6. The number of nitrogens with zero attached hydrogens (tertiary/aromatic N) is 3. The van der Waals surface area contributed by atoms with Gasteiger partial charge in [0.25, 0.3) is 5.91 Å². The molecule has 30 heavy (non-hydrogen) atoms. The van der Waals surface area contributed by atoms with Gasteiger partial charge in [-0.25, -0.2) is 9.97 Å². The molecule has 152 valence electrons. The molecule has 0 bridgehead atoms. The molecule has 0 saturated carbocycles. The minimum atomic E-state index is -0.153. The van der Waals surface area contributed by atoms with Crippen LogP contribution in [0.1, 0.15) is 41.6 Å². The Morgan fingerprint density at radius 3 is 2.57 bits per heavy atom. The van der Waals surface area contributed by atoms with Gasteiger partial charge in [-0.3, -0.25) is 9.36 Å². The largest absolute Gasteiger partial charge is 0.351 e. The lowest BCUT2D eigenvalue weighted by molar-refractivity contribution is 0.0952. The van der Waals surface area contributed by atoms with Crippen molar-refractivity contribution in [3.8, 4) is 5.95 Å². The maximum atomic E-state index is 13.2. The van der Waals surface area contributed by atoms with Crippen molar-refractivity contribution >= 4 is 28.4 Å². The molecule has 0 fully saturated rings. The summed E-state index contributed by atoms with van der Waals surface area (Å²) < 4.78 is 1.80. The minimum absolute atomic E-state index is 0.153. The smallest absolute Gasteiger partial charge is 0.253 e. The molecule has 4 rings (SSSR count). The van der Waals surface area contributed by atoms with Gasteiger partial charge in [0, 0.05) is 36.4 Å². The number of benzene rings is 2. The Balaban J connectivity index is 1.65. The quantitative estimate of drug-likeness (QED) is 0.438. The number of rotatable bonds is 7. The summed E-state index contributed by atoms with van der Waals surface area (Å²) >= 11 is 6.48. The molecule has 5 nitrogen and oxygen atoms in total. The van der Waals surface area contributed by atoms with E-state index in [4.69, 9.17) is 11.6 Å². The van der Waals surface area contributed by atoms with Crippen LogP contribution in [0.3, 0.4) is 0 Å². The number of fused-ring (bicyclic) bond motifs is 1. The summed E-state index contributed by atoms with van der Waals surface area (Å²) in [6.45, 7) is 2.72. The van der Waals surface area contributed by atoms with Crippen LogP contribution in [0.5, 0.6) is 0 Å². The summed E-state index contributed by atoms with van der Waals surface area (Å²) in [4.78, 5) is 21.8. The number of hydrogen-bond acceptors (Lipinski definition) is 3. The van der Waals surface area contributed by atoms with Crippen molar-refractivity contribution in [2.75, 3.05) is 6.54 Å². The van der Waals surface area contributed by atoms with Crippen LogP contribution in [0, 0.1) is 0 Å². The highest BCUT2D eigenvalue weighted by Crippen LogP contribution is 2.30. The van der Waals surface area contributed by atoms with E-state index in [9.17, 15) is 4.79 Å². The predicted octanol–water partition coefficient (Wildman–Crippen LogP) is 5.39. The fourth-order valence-corrected chi connectivity index (χ4v) is 4.04. The van der Waals surface area contributed by atoms with E-state index < -0.39 is 0 Å². The van der Waals surface area contributed by atoms with Crippen LogP contribution in [-0.2, 0) is 0 Å². The number of amides is 1. The highest BCUT2D eigenvalue weighted by molar-refractivity contribution is 6.37. The van der Waals surface area contributed by atoms with Crippen LogP contribution < -0.4 is 5.32 Å². The van der Waals surface area contributed by atoms with Gasteiger partial charge in [0.05, 0.1) is 16.1 Å². The second kappa shape index (κ2) is 9.09. The maximum Gasteiger partial charge on any atom is 0.253 e. The molecule has 1 unspecified atom stereocenters. The molecule has 0 spiro atoms. The van der Waals surface area contributed by atoms with Crippen molar-refractivity contribution in [3.05, 3.63) is 89.3 Å². The van der Waals surface area contributed by atoms with Crippen molar-refractivity contribution < 1.29 is 4.79 Å². The van der Waals surface area contributed by atoms with Gasteiger partial charge in [0.15, 0.2) is 0 Å². The molecule has 0 saturated heterocycles. The maximum absolute atomic E-state index is 13.2. The molecule has 4 aromatic rings. The van der Waals surface area contributed by atoms with E-state index in [1.807, 2.05) is 30.3 Å². The van der Waals surface area contributed by atoms with E-state index in [-0.39, 0.29) is 11.8 Å². The molecule has 6 heteroatoms. The highest BCUT2D eigenvalue weighted by Gasteiger charge is 2.20. The molecule has 2 aromatic carbocycles. The number of carbonyl (C=O) groups is 1. The van der Waals surface area contributed by atoms with Gasteiger partial charge in [0.1, 0.15) is 0 Å². The first-order chi connectivity index (χ1) is 14.7. The van der Waals surface area contributed by atoms with E-state index in [1.54, 1.807) is 35.3 Å². The van der Waals surface area contributed by atoms with E-state index in [0.717, 1.165) is 18.4 Å². The Morgan fingerprint density at radius 1 is 1.07 bits per heavy atom. The Hall–Kier alpha value is -3.18. The van der Waals surface area contributed by atoms with Crippen molar-refractivity contribution in [2.24, 2.45) is 0 Å². The molecule has 1 atom stereocenters. The molecule has 2 heterocycles. The average molecular weight is 419 g/mol. The Labute approximate surface area is 180 Å². The van der Waals surface area contributed by atoms with Crippen molar-refractivity contribution in [1.29, 1.82) is 0 Å². The van der Waals surface area contributed by atoms with Crippen molar-refractivity contribution in [1.82, 2.24) is 19.9 Å². The summed E-state index contributed by atoms with van der Waals surface area (Å²) in [5.74, 6) is 0.609. The molecular weight excluding hydrogens is 396 g/mol. The first-order valence-electron chi connectivity index (χ1n) is 10.1. The van der Waals surface area contributed by atoms with Gasteiger partial charge in [0.2, 0.25) is 5.95 Å². The van der Waals surface area contributed by atoms with Gasteiger partial charge in [-0.05, 0) is 30.2 Å². The Bertz CT molecular complexity index is 1140. The number of carbonyl (C=O) groups excluding carboxylic acids is 1. The van der Waals surface area contributed by atoms with E-state index >= 15 is 0 Å². The van der Waals surface area contributed by atoms with Crippen LogP contribution in [0.15, 0.2) is 73.2 Å². The third kappa shape index (κ3) is 4.07. The van der Waals surface area contributed by atoms with E-state index in [2.05, 4.69) is 34.3 Å². The van der Waals surface area contributed by atoms with Gasteiger partial charge >= 0.3 is 0 Å². The number of aromatic nitrogens is 3. The molecule has 0 radical (unpaired) electrons. The van der Waals surface area contributed by atoms with Crippen LogP contribution in [-0.4, -0.2) is 27.0 Å². The molecular formula is C24H23ClN4O. The topological polar surface area (TPSA) is 59.8 Å². The molecule has 2 aromatic heterocycles. The molecule has 1 N–H and O–H groups in total. The Kier molecular flexibility index (Phi) is 6.10. The first-order valence-corrected chi connectivity index (χ1v) is 10.5. The summed E-state index contributed by atoms with van der Waals surface area (Å²) in [5, 5.41) is 4.35. The van der Waals surface area contributed by atoms with Crippen molar-refractivity contribution in [2.45, 2.75) is 25.7 Å². The zero-order valence-electron chi connectivity index (χ0n) is 16.8. The van der Waals surface area contributed by atoms with Crippen LogP contribution >= 0.6 is 11.6 Å². The van der Waals surface area contributed by atoms with E-state index in [1.165, 1.54) is 5.56 Å². The SMILES string of the molecule is CCCC(CNC(=O)c1cn(-c2ncccn2)c2cccc(Cl)c12)c1ccccc1. The summed E-state index contributed by atoms with van der Waals surface area (Å²) in [5.41, 5.74) is 2.55. The zero-order chi connectivity index (χ0) is 20.9. The third-order valence-electron chi connectivity index (χ3n) is 5.21. The lowest BCUT2D eigenvalue weighted by Crippen LogP contribution is -2.28. The van der Waals surface area contributed by atoms with Crippen LogP contribution in [0.4, 0.5) is 0 Å². The van der Waals surface area contributed by atoms with Gasteiger partial charge in [-0.2, -0.15) is 0 Å². The average Bonchev–Trinajstić information content (AvgIpc) is 3.19. The second-order valence-electron chi connectivity index (χ2n) is 7.20. The molecule has 1 amide bonds. The standard InChI is InChI=1S/C24H23ClN4O/c1-2-8-18(17-9-4-3-5-10-17)15-28-23(30)19-16-29(24-26-13-7-14-27-24)21-12-6-11-20(25)22(19)21/h3-7,9-14,16,18H,2,8,15H2,1H3,(H,28,30). The summed E-state index contributed by atoms with van der Waals surface area (Å²) in [7, 11) is 0. The number of halogens is 1. The lowest BCUT2D eigenvalue weighted by atomic mass is 9.94. The predicted molar refractivity (Wildman–Crippen MR) is 120 cm³/mol. The first kappa shape index (κ1) is 20.1. The fraction of sp³-hybridized carbons (Fsp3) is 0.208. The fourth-order valence-electron chi connectivity index (χ4n) is 3.77. The zero-order valence-corrected chi connectivity index (χ0v) is 17.5. The molecule has 0 aliphatic rings. The van der Waals surface area contributed by atoms with Crippen molar-refractivity contribution in [3.63, 3.8) is 0 Å². The van der Waals surface area contributed by atoms with Crippen LogP contribution in [0.25, 0.3) is 16.9 Å². The normalized spacial score (nSPS) is 12.1. The third-order valence-corrected chi connectivity index (χ3v) is 5.52. The molecule has 0 aliphatic carbocycles. The monoisotopic (exact) mass is 418 g/mol. The number of hydrogen-bond donors (Lipinski definition) is 1. The Morgan fingerprint density at radius 2 is 1.83 bits per heavy atom. The van der Waals surface area contributed by atoms with Gasteiger partial charge in [-0.1, -0.05) is 61.3 Å². The van der Waals surface area contributed by atoms with Gasteiger partial charge in [-0.15, -0.1) is 0 Å². The second-order valence-corrected chi connectivity index (χ2v) is 7.61. The summed E-state index contributed by atoms with van der Waals surface area (Å²) in [6.07, 6.45) is 7.16. The van der Waals surface area contributed by atoms with E-state index in [0.29, 0.717) is 28.5 Å². The number of nitrogens with one attached hydrogen (secondary N) is 1. The highest BCUT2D eigenvalue weighted by atomic mass is 35.5.